The van der Waals surface area contributed by atoms with E-state index in [1.807, 2.05) is 38.1 Å². The van der Waals surface area contributed by atoms with Crippen molar-refractivity contribution >= 4 is 52.4 Å². The van der Waals surface area contributed by atoms with E-state index >= 15 is 0 Å². The summed E-state index contributed by atoms with van der Waals surface area (Å²) in [6, 6.07) is 10.8. The Labute approximate surface area is 203 Å². The van der Waals surface area contributed by atoms with Gasteiger partial charge in [-0.2, -0.15) is 0 Å². The van der Waals surface area contributed by atoms with Crippen LogP contribution in [0.5, 0.6) is 5.75 Å². The maximum Gasteiger partial charge on any atom is 0.357 e. The standard InChI is InChI=1S/C22H29BrCl2NO4P/c1-4-6-12-29-31(27,30-13-7-5-2)22(26-20-11-9-8-10-18(20)23)17-14-16(24)15-19(25)21(17)28-3/h8-11,14-15,22,26H,4-7,12-13H2,1-3H3/t22-/m1/s1. The molecule has 0 spiro atoms. The van der Waals surface area contributed by atoms with Crippen molar-refractivity contribution in [3.8, 4) is 5.75 Å². The normalized spacial score (nSPS) is 12.6. The molecule has 5 nitrogen and oxygen atoms in total. The van der Waals surface area contributed by atoms with Crippen LogP contribution < -0.4 is 10.1 Å². The summed E-state index contributed by atoms with van der Waals surface area (Å²) >= 11 is 16.3. The minimum absolute atomic E-state index is 0.310. The predicted molar refractivity (Wildman–Crippen MR) is 133 cm³/mol. The van der Waals surface area contributed by atoms with E-state index in [-0.39, 0.29) is 0 Å². The molecule has 0 aliphatic heterocycles. The molecule has 1 N–H and O–H groups in total. The van der Waals surface area contributed by atoms with Crippen molar-refractivity contribution in [1.82, 2.24) is 0 Å². The largest absolute Gasteiger partial charge is 0.495 e. The summed E-state index contributed by atoms with van der Waals surface area (Å²) in [5.74, 6) is -0.514. The highest BCUT2D eigenvalue weighted by Gasteiger charge is 2.40. The lowest BCUT2D eigenvalue weighted by molar-refractivity contribution is 0.194. The zero-order valence-electron chi connectivity index (χ0n) is 18.0. The molecule has 0 saturated heterocycles. The van der Waals surface area contributed by atoms with Crippen molar-refractivity contribution < 1.29 is 18.3 Å². The average Bonchev–Trinajstić information content (AvgIpc) is 2.73. The lowest BCUT2D eigenvalue weighted by Crippen LogP contribution is -2.17. The molecule has 0 saturated carbocycles. The van der Waals surface area contributed by atoms with Gasteiger partial charge in [-0.25, -0.2) is 0 Å². The Balaban J connectivity index is 2.60. The first-order valence-electron chi connectivity index (χ1n) is 10.3. The molecule has 0 unspecified atom stereocenters. The fraction of sp³-hybridized carbons (Fsp3) is 0.455. The minimum Gasteiger partial charge on any atom is -0.495 e. The molecule has 0 bridgehead atoms. The van der Waals surface area contributed by atoms with Gasteiger partial charge in [-0.1, -0.05) is 62.0 Å². The van der Waals surface area contributed by atoms with Crippen LogP contribution in [0.15, 0.2) is 40.9 Å². The van der Waals surface area contributed by atoms with Gasteiger partial charge in [-0.15, -0.1) is 0 Å². The maximum atomic E-state index is 14.2. The van der Waals surface area contributed by atoms with E-state index in [2.05, 4.69) is 21.2 Å². The molecule has 0 amide bonds. The van der Waals surface area contributed by atoms with Crippen molar-refractivity contribution in [2.45, 2.75) is 45.3 Å². The first-order chi connectivity index (χ1) is 14.9. The van der Waals surface area contributed by atoms with Gasteiger partial charge in [0.2, 0.25) is 0 Å². The second-order valence-electron chi connectivity index (χ2n) is 6.95. The summed E-state index contributed by atoms with van der Waals surface area (Å²) in [4.78, 5) is 0. The number of unbranched alkanes of at least 4 members (excludes halogenated alkanes) is 2. The molecule has 1 atom stereocenters. The number of methoxy groups -OCH3 is 1. The fourth-order valence-electron chi connectivity index (χ4n) is 2.91. The van der Waals surface area contributed by atoms with Crippen LogP contribution in [-0.4, -0.2) is 20.3 Å². The molecule has 0 heterocycles. The lowest BCUT2D eigenvalue weighted by Gasteiger charge is -2.30. The summed E-state index contributed by atoms with van der Waals surface area (Å²) in [5.41, 5.74) is 1.23. The fourth-order valence-corrected chi connectivity index (χ4v) is 5.87. The van der Waals surface area contributed by atoms with E-state index in [4.69, 9.17) is 37.0 Å². The van der Waals surface area contributed by atoms with Crippen molar-refractivity contribution in [1.29, 1.82) is 0 Å². The Morgan fingerprint density at radius 2 is 1.68 bits per heavy atom. The van der Waals surface area contributed by atoms with Crippen LogP contribution in [-0.2, 0) is 13.6 Å². The number of hydrogen-bond acceptors (Lipinski definition) is 5. The Hall–Kier alpha value is -0.750. The molecule has 2 rings (SSSR count). The number of para-hydroxylation sites is 1. The molecular formula is C22H29BrCl2NO4P. The maximum absolute atomic E-state index is 14.2. The van der Waals surface area contributed by atoms with Crippen LogP contribution >= 0.6 is 46.7 Å². The summed E-state index contributed by atoms with van der Waals surface area (Å²) < 4.78 is 32.4. The van der Waals surface area contributed by atoms with Crippen LogP contribution in [0.2, 0.25) is 10.0 Å². The van der Waals surface area contributed by atoms with Gasteiger partial charge in [0.05, 0.1) is 25.3 Å². The van der Waals surface area contributed by atoms with Gasteiger partial charge in [0.1, 0.15) is 5.75 Å². The first kappa shape index (κ1) is 26.5. The molecule has 2 aromatic rings. The smallest absolute Gasteiger partial charge is 0.357 e. The molecular weight excluding hydrogens is 524 g/mol. The molecule has 0 aromatic heterocycles. The van der Waals surface area contributed by atoms with Crippen LogP contribution in [0, 0.1) is 0 Å². The van der Waals surface area contributed by atoms with Gasteiger partial charge in [0.15, 0.2) is 5.78 Å². The second-order valence-corrected chi connectivity index (χ2v) is 10.8. The van der Waals surface area contributed by atoms with E-state index in [9.17, 15) is 4.57 Å². The summed E-state index contributed by atoms with van der Waals surface area (Å²) in [5, 5.41) is 4.04. The van der Waals surface area contributed by atoms with E-state index < -0.39 is 13.4 Å². The molecule has 0 radical (unpaired) electrons. The van der Waals surface area contributed by atoms with Gasteiger partial charge in [-0.05, 0) is 53.0 Å². The molecule has 172 valence electrons. The zero-order chi connectivity index (χ0) is 22.9. The Morgan fingerprint density at radius 1 is 1.06 bits per heavy atom. The monoisotopic (exact) mass is 551 g/mol. The summed E-state index contributed by atoms with van der Waals surface area (Å²) in [6.45, 7) is 4.71. The summed E-state index contributed by atoms with van der Waals surface area (Å²) in [6.07, 6.45) is 3.33. The van der Waals surface area contributed by atoms with Crippen LogP contribution in [0.3, 0.4) is 0 Å². The van der Waals surface area contributed by atoms with Crippen molar-refractivity contribution in [2.24, 2.45) is 0 Å². The van der Waals surface area contributed by atoms with E-state index in [1.54, 1.807) is 12.1 Å². The Kier molecular flexibility index (Phi) is 11.2. The minimum atomic E-state index is -3.71. The van der Waals surface area contributed by atoms with E-state index in [0.29, 0.717) is 34.6 Å². The molecule has 2 aromatic carbocycles. The lowest BCUT2D eigenvalue weighted by atomic mass is 10.2. The van der Waals surface area contributed by atoms with Gasteiger partial charge in [-0.3, -0.25) is 4.57 Å². The predicted octanol–water partition coefficient (Wildman–Crippen LogP) is 8.70. The Bertz CT molecular complexity index is 886. The topological polar surface area (TPSA) is 56.8 Å². The molecule has 9 heteroatoms. The quantitative estimate of drug-likeness (QED) is 0.199. The third-order valence-corrected chi connectivity index (χ3v) is 7.87. The van der Waals surface area contributed by atoms with Crippen LogP contribution in [0.1, 0.15) is 50.9 Å². The number of nitrogens with one attached hydrogen (secondary N) is 1. The Morgan fingerprint density at radius 3 is 2.23 bits per heavy atom. The number of hydrogen-bond donors (Lipinski definition) is 1. The molecule has 0 aliphatic rings. The number of halogens is 3. The average molecular weight is 553 g/mol. The molecule has 0 aliphatic carbocycles. The van der Waals surface area contributed by atoms with Gasteiger partial charge < -0.3 is 19.1 Å². The van der Waals surface area contributed by atoms with Crippen LogP contribution in [0.4, 0.5) is 5.69 Å². The van der Waals surface area contributed by atoms with Gasteiger partial charge in [0, 0.05) is 20.7 Å². The first-order valence-corrected chi connectivity index (χ1v) is 13.4. The number of rotatable bonds is 13. The van der Waals surface area contributed by atoms with E-state index in [1.165, 1.54) is 7.11 Å². The van der Waals surface area contributed by atoms with Gasteiger partial charge in [0.25, 0.3) is 0 Å². The highest BCUT2D eigenvalue weighted by Crippen LogP contribution is 2.63. The van der Waals surface area contributed by atoms with Gasteiger partial charge >= 0.3 is 7.60 Å². The van der Waals surface area contributed by atoms with Crippen molar-refractivity contribution in [3.63, 3.8) is 0 Å². The SMILES string of the molecule is CCCCOP(=O)(OCCCC)[C@@H](Nc1ccccc1Br)c1cc(Cl)cc(Cl)c1OC. The second kappa shape index (κ2) is 13.1. The molecule has 0 fully saturated rings. The third-order valence-electron chi connectivity index (χ3n) is 4.56. The van der Waals surface area contributed by atoms with Crippen molar-refractivity contribution in [2.75, 3.05) is 25.6 Å². The third kappa shape index (κ3) is 7.38. The summed E-state index contributed by atoms with van der Waals surface area (Å²) in [7, 11) is -2.20. The van der Waals surface area contributed by atoms with E-state index in [0.717, 1.165) is 35.8 Å². The number of benzene rings is 2. The zero-order valence-corrected chi connectivity index (χ0v) is 22.0. The van der Waals surface area contributed by atoms with Crippen molar-refractivity contribution in [3.05, 3.63) is 56.5 Å². The number of ether oxygens (including phenoxy) is 1. The highest BCUT2D eigenvalue weighted by molar-refractivity contribution is 9.10. The van der Waals surface area contributed by atoms with Crippen LogP contribution in [0.25, 0.3) is 0 Å². The number of anilines is 1. The highest BCUT2D eigenvalue weighted by atomic mass is 79.9. The molecule has 31 heavy (non-hydrogen) atoms.